The first-order valence-corrected chi connectivity index (χ1v) is 9.98. The molecule has 1 saturated heterocycles. The number of benzene rings is 1. The predicted octanol–water partition coefficient (Wildman–Crippen LogP) is 1.46. The molecule has 1 aliphatic rings. The van der Waals surface area contributed by atoms with Crippen molar-refractivity contribution < 1.29 is 26.7 Å². The molecule has 1 fully saturated rings. The largest absolute Gasteiger partial charge is 0.379 e. The Morgan fingerprint density at radius 2 is 2.00 bits per heavy atom. The highest BCUT2D eigenvalue weighted by Gasteiger charge is 2.29. The molecule has 1 aliphatic heterocycles. The van der Waals surface area contributed by atoms with Gasteiger partial charge < -0.3 is 9.72 Å². The minimum Gasteiger partial charge on any atom is -0.379 e. The first-order valence-electron chi connectivity index (χ1n) is 8.54. The van der Waals surface area contributed by atoms with E-state index >= 15 is 4.39 Å². The average Bonchev–Trinajstić information content (AvgIpc) is 3.15. The minimum absolute atomic E-state index is 0.0356. The second-order valence-corrected chi connectivity index (χ2v) is 7.89. The summed E-state index contributed by atoms with van der Waals surface area (Å²) < 4.78 is 62.5. The van der Waals surface area contributed by atoms with Crippen molar-refractivity contribution in [3.05, 3.63) is 53.6 Å². The van der Waals surface area contributed by atoms with Gasteiger partial charge in [0, 0.05) is 30.9 Å². The molecule has 0 unspecified atom stereocenters. The zero-order valence-electron chi connectivity index (χ0n) is 14.9. The number of nitrogens with one attached hydrogen (secondary N) is 2. The summed E-state index contributed by atoms with van der Waals surface area (Å²) in [5.41, 5.74) is -1.12. The molecule has 12 heteroatoms. The summed E-state index contributed by atoms with van der Waals surface area (Å²) in [6, 6.07) is 1.76. The van der Waals surface area contributed by atoms with E-state index in [9.17, 15) is 17.6 Å². The molecule has 0 bridgehead atoms. The average molecular weight is 423 g/mol. The number of ketones is 1. The van der Waals surface area contributed by atoms with E-state index in [1.165, 1.54) is 18.7 Å². The topological polar surface area (TPSA) is 117 Å². The Bertz CT molecular complexity index is 1190. The number of ether oxygens (including phenoxy) is 1. The molecule has 152 valence electrons. The highest BCUT2D eigenvalue weighted by Crippen LogP contribution is 2.27. The van der Waals surface area contributed by atoms with Crippen LogP contribution in [0.25, 0.3) is 11.0 Å². The second-order valence-electron chi connectivity index (χ2n) is 6.22. The number of nitrogens with zero attached hydrogens (tertiary/aromatic N) is 3. The predicted molar refractivity (Wildman–Crippen MR) is 98.6 cm³/mol. The normalized spacial score (nSPS) is 15.5. The zero-order chi connectivity index (χ0) is 20.6. The number of H-pyrrole nitrogens is 1. The summed E-state index contributed by atoms with van der Waals surface area (Å²) in [4.78, 5) is 23.3. The van der Waals surface area contributed by atoms with Crippen molar-refractivity contribution in [2.24, 2.45) is 0 Å². The van der Waals surface area contributed by atoms with Gasteiger partial charge >= 0.3 is 10.2 Å². The molecule has 0 atom stereocenters. The molecule has 0 spiro atoms. The molecule has 4 rings (SSSR count). The Labute approximate surface area is 163 Å². The van der Waals surface area contributed by atoms with Crippen LogP contribution in [0.5, 0.6) is 0 Å². The summed E-state index contributed by atoms with van der Waals surface area (Å²) in [5, 5.41) is 0.288. The lowest BCUT2D eigenvalue weighted by atomic mass is 10.0. The van der Waals surface area contributed by atoms with Crippen molar-refractivity contribution in [1.29, 1.82) is 0 Å². The van der Waals surface area contributed by atoms with E-state index in [4.69, 9.17) is 4.74 Å². The number of carbonyl (C=O) groups excluding carboxylic acids is 1. The van der Waals surface area contributed by atoms with Gasteiger partial charge in [0.25, 0.3) is 0 Å². The fourth-order valence-corrected chi connectivity index (χ4v) is 4.21. The van der Waals surface area contributed by atoms with Crippen LogP contribution in [0.1, 0.15) is 15.9 Å². The van der Waals surface area contributed by atoms with Crippen LogP contribution in [-0.2, 0) is 14.9 Å². The Balaban J connectivity index is 1.71. The van der Waals surface area contributed by atoms with E-state index in [-0.39, 0.29) is 37.3 Å². The smallest absolute Gasteiger partial charge is 0.301 e. The van der Waals surface area contributed by atoms with Gasteiger partial charge in [-0.3, -0.25) is 9.52 Å². The SMILES string of the molecule is O=C(c1c(F)ccc(NS(=O)(=O)N2CCOCC2)c1F)c1c[nH]c2ncncc12. The van der Waals surface area contributed by atoms with Crippen molar-refractivity contribution in [3.63, 3.8) is 0 Å². The Morgan fingerprint density at radius 3 is 2.76 bits per heavy atom. The summed E-state index contributed by atoms with van der Waals surface area (Å²) in [6.07, 6.45) is 3.87. The molecule has 0 saturated carbocycles. The molecule has 2 aromatic heterocycles. The van der Waals surface area contributed by atoms with Gasteiger partial charge in [0.2, 0.25) is 5.78 Å². The van der Waals surface area contributed by atoms with Crippen LogP contribution in [0.15, 0.2) is 30.9 Å². The third-order valence-corrected chi connectivity index (χ3v) is 5.99. The summed E-state index contributed by atoms with van der Waals surface area (Å²) in [6.45, 7) is 0.608. The van der Waals surface area contributed by atoms with Crippen LogP contribution in [-0.4, -0.2) is 59.8 Å². The molecule has 29 heavy (non-hydrogen) atoms. The number of hydrogen-bond donors (Lipinski definition) is 2. The molecular weight excluding hydrogens is 408 g/mol. The molecule has 1 aromatic carbocycles. The number of anilines is 1. The number of rotatable bonds is 5. The Kier molecular flexibility index (Phi) is 4.98. The van der Waals surface area contributed by atoms with Gasteiger partial charge in [-0.05, 0) is 12.1 Å². The number of carbonyl (C=O) groups is 1. The number of aromatic amines is 1. The molecule has 3 aromatic rings. The molecule has 0 aliphatic carbocycles. The molecule has 0 amide bonds. The first-order chi connectivity index (χ1) is 13.9. The van der Waals surface area contributed by atoms with E-state index < -0.39 is 38.9 Å². The van der Waals surface area contributed by atoms with Gasteiger partial charge in [-0.2, -0.15) is 12.7 Å². The maximum absolute atomic E-state index is 15.0. The lowest BCUT2D eigenvalue weighted by molar-refractivity contribution is 0.0733. The van der Waals surface area contributed by atoms with Crippen molar-refractivity contribution in [2.75, 3.05) is 31.0 Å². The fraction of sp³-hybridized carbons (Fsp3) is 0.235. The van der Waals surface area contributed by atoms with Crippen LogP contribution in [0, 0.1) is 11.6 Å². The summed E-state index contributed by atoms with van der Waals surface area (Å²) >= 11 is 0. The maximum atomic E-state index is 15.0. The minimum atomic E-state index is -4.10. The molecule has 0 radical (unpaired) electrons. The van der Waals surface area contributed by atoms with Crippen molar-refractivity contribution in [1.82, 2.24) is 19.3 Å². The third-order valence-electron chi connectivity index (χ3n) is 4.47. The molecular formula is C17H15F2N5O4S. The Hall–Kier alpha value is -2.96. The molecule has 2 N–H and O–H groups in total. The van der Waals surface area contributed by atoms with Crippen LogP contribution in [0.3, 0.4) is 0 Å². The van der Waals surface area contributed by atoms with E-state index in [1.807, 2.05) is 0 Å². The number of hydrogen-bond acceptors (Lipinski definition) is 6. The highest BCUT2D eigenvalue weighted by atomic mass is 32.2. The lowest BCUT2D eigenvalue weighted by Gasteiger charge is -2.26. The monoisotopic (exact) mass is 423 g/mol. The van der Waals surface area contributed by atoms with Crippen molar-refractivity contribution >= 4 is 32.7 Å². The number of morpholine rings is 1. The van der Waals surface area contributed by atoms with Crippen molar-refractivity contribution in [3.8, 4) is 0 Å². The van der Waals surface area contributed by atoms with E-state index in [0.29, 0.717) is 5.65 Å². The number of aromatic nitrogens is 3. The van der Waals surface area contributed by atoms with E-state index in [0.717, 1.165) is 16.4 Å². The standard InChI is InChI=1S/C17H15F2N5O4S/c18-12-1-2-13(23-29(26,27)24-3-5-28-6-4-24)15(19)14(12)16(25)10-8-21-17-11(10)7-20-9-22-17/h1-2,7-9,23H,3-6H2,(H,20,21,22). The van der Waals surface area contributed by atoms with Crippen LogP contribution < -0.4 is 4.72 Å². The van der Waals surface area contributed by atoms with Gasteiger partial charge in [-0.15, -0.1) is 0 Å². The highest BCUT2D eigenvalue weighted by molar-refractivity contribution is 7.90. The van der Waals surface area contributed by atoms with Crippen molar-refractivity contribution in [2.45, 2.75) is 0 Å². The zero-order valence-corrected chi connectivity index (χ0v) is 15.7. The van der Waals surface area contributed by atoms with Gasteiger partial charge in [0.05, 0.1) is 30.0 Å². The molecule has 3 heterocycles. The first kappa shape index (κ1) is 19.4. The van der Waals surface area contributed by atoms with E-state index in [2.05, 4.69) is 19.7 Å². The Morgan fingerprint density at radius 1 is 1.24 bits per heavy atom. The van der Waals surface area contributed by atoms with Gasteiger partial charge in [0.1, 0.15) is 17.8 Å². The van der Waals surface area contributed by atoms with Gasteiger partial charge in [-0.1, -0.05) is 0 Å². The molecule has 9 nitrogen and oxygen atoms in total. The second kappa shape index (κ2) is 7.46. The fourth-order valence-electron chi connectivity index (χ4n) is 3.01. The van der Waals surface area contributed by atoms with Gasteiger partial charge in [-0.25, -0.2) is 18.7 Å². The summed E-state index contributed by atoms with van der Waals surface area (Å²) in [7, 11) is -4.10. The van der Waals surface area contributed by atoms with Crippen LogP contribution in [0.4, 0.5) is 14.5 Å². The summed E-state index contributed by atoms with van der Waals surface area (Å²) in [5.74, 6) is -3.39. The van der Waals surface area contributed by atoms with E-state index in [1.54, 1.807) is 0 Å². The quantitative estimate of drug-likeness (QED) is 0.600. The van der Waals surface area contributed by atoms with Gasteiger partial charge in [0.15, 0.2) is 5.82 Å². The van der Waals surface area contributed by atoms with Crippen LogP contribution >= 0.6 is 0 Å². The number of halogens is 2. The number of fused-ring (bicyclic) bond motifs is 1. The third kappa shape index (κ3) is 3.57. The maximum Gasteiger partial charge on any atom is 0.301 e. The lowest BCUT2D eigenvalue weighted by Crippen LogP contribution is -2.43. The van der Waals surface area contributed by atoms with Crippen LogP contribution in [0.2, 0.25) is 0 Å².